The molecule has 2 heterocycles. The Hall–Kier alpha value is -1.78. The van der Waals surface area contributed by atoms with Gasteiger partial charge in [-0.1, -0.05) is 6.07 Å². The van der Waals surface area contributed by atoms with Crippen LogP contribution in [-0.2, 0) is 6.42 Å². The molecule has 18 heavy (non-hydrogen) atoms. The zero-order valence-electron chi connectivity index (χ0n) is 10.7. The summed E-state index contributed by atoms with van der Waals surface area (Å²) in [6.45, 7) is 4.00. The van der Waals surface area contributed by atoms with E-state index in [4.69, 9.17) is 5.84 Å². The summed E-state index contributed by atoms with van der Waals surface area (Å²) in [4.78, 5) is 8.49. The average molecular weight is 242 g/mol. The van der Waals surface area contributed by atoms with Gasteiger partial charge in [-0.3, -0.25) is 21.2 Å². The van der Waals surface area contributed by atoms with E-state index >= 15 is 0 Å². The maximum Gasteiger partial charge on any atom is 0.0518 e. The predicted octanol–water partition coefficient (Wildman–Crippen LogP) is 1.84. The molecule has 0 fully saturated rings. The van der Waals surface area contributed by atoms with E-state index in [1.54, 1.807) is 12.4 Å². The van der Waals surface area contributed by atoms with E-state index in [0.717, 1.165) is 23.4 Å². The van der Waals surface area contributed by atoms with Crippen LogP contribution in [0, 0.1) is 13.8 Å². The number of nitrogens with zero attached hydrogens (tertiary/aromatic N) is 2. The van der Waals surface area contributed by atoms with E-state index in [1.807, 2.05) is 32.0 Å². The monoisotopic (exact) mass is 242 g/mol. The van der Waals surface area contributed by atoms with E-state index in [-0.39, 0.29) is 6.04 Å². The van der Waals surface area contributed by atoms with Gasteiger partial charge in [0.05, 0.1) is 6.04 Å². The molecule has 3 N–H and O–H groups in total. The van der Waals surface area contributed by atoms with Crippen LogP contribution in [0.4, 0.5) is 0 Å². The number of pyridine rings is 2. The molecular weight excluding hydrogens is 224 g/mol. The number of hydrogen-bond donors (Lipinski definition) is 2. The fourth-order valence-electron chi connectivity index (χ4n) is 2.08. The first-order chi connectivity index (χ1) is 8.70. The third-order valence-electron chi connectivity index (χ3n) is 3.03. The van der Waals surface area contributed by atoms with Crippen molar-refractivity contribution in [1.82, 2.24) is 15.4 Å². The lowest BCUT2D eigenvalue weighted by Crippen LogP contribution is -2.30. The van der Waals surface area contributed by atoms with Crippen molar-refractivity contribution in [3.8, 4) is 0 Å². The van der Waals surface area contributed by atoms with Crippen molar-refractivity contribution in [2.24, 2.45) is 5.84 Å². The molecule has 1 atom stereocenters. The lowest BCUT2D eigenvalue weighted by Gasteiger charge is -2.18. The molecule has 0 aromatic carbocycles. The average Bonchev–Trinajstić information content (AvgIpc) is 2.38. The van der Waals surface area contributed by atoms with Gasteiger partial charge < -0.3 is 0 Å². The Morgan fingerprint density at radius 1 is 1.17 bits per heavy atom. The van der Waals surface area contributed by atoms with Crippen LogP contribution in [0.1, 0.15) is 28.6 Å². The molecule has 1 unspecified atom stereocenters. The minimum absolute atomic E-state index is 0.0699. The van der Waals surface area contributed by atoms with Gasteiger partial charge in [-0.05, 0) is 49.6 Å². The van der Waals surface area contributed by atoms with Crippen LogP contribution < -0.4 is 11.3 Å². The van der Waals surface area contributed by atoms with Gasteiger partial charge in [0.15, 0.2) is 0 Å². The first-order valence-electron chi connectivity index (χ1n) is 6.00. The van der Waals surface area contributed by atoms with Gasteiger partial charge in [0.1, 0.15) is 0 Å². The highest BCUT2D eigenvalue weighted by Gasteiger charge is 2.13. The number of aryl methyl sites for hydroxylation is 2. The lowest BCUT2D eigenvalue weighted by atomic mass is 9.99. The molecule has 2 rings (SSSR count). The van der Waals surface area contributed by atoms with Crippen LogP contribution in [0.25, 0.3) is 0 Å². The summed E-state index contributed by atoms with van der Waals surface area (Å²) < 4.78 is 0. The number of nitrogens with two attached hydrogens (primary N) is 1. The van der Waals surface area contributed by atoms with E-state index in [9.17, 15) is 0 Å². The van der Waals surface area contributed by atoms with Crippen LogP contribution in [0.15, 0.2) is 36.7 Å². The largest absolute Gasteiger partial charge is 0.271 e. The maximum absolute atomic E-state index is 5.67. The van der Waals surface area contributed by atoms with Crippen molar-refractivity contribution in [1.29, 1.82) is 0 Å². The van der Waals surface area contributed by atoms with E-state index in [1.165, 1.54) is 5.56 Å². The number of rotatable bonds is 4. The molecule has 0 amide bonds. The molecule has 0 bridgehead atoms. The minimum atomic E-state index is 0.0699. The molecule has 0 aliphatic heterocycles. The summed E-state index contributed by atoms with van der Waals surface area (Å²) in [5.74, 6) is 5.67. The number of hydrogen-bond acceptors (Lipinski definition) is 4. The van der Waals surface area contributed by atoms with E-state index < -0.39 is 0 Å². The van der Waals surface area contributed by atoms with Gasteiger partial charge >= 0.3 is 0 Å². The van der Waals surface area contributed by atoms with Gasteiger partial charge in [-0.2, -0.15) is 0 Å². The molecule has 2 aromatic heterocycles. The van der Waals surface area contributed by atoms with Crippen molar-refractivity contribution in [2.45, 2.75) is 26.3 Å². The third-order valence-corrected chi connectivity index (χ3v) is 3.03. The number of hydrazine groups is 1. The molecule has 0 spiro atoms. The van der Waals surface area contributed by atoms with E-state index in [2.05, 4.69) is 21.5 Å². The molecule has 0 saturated heterocycles. The Morgan fingerprint density at radius 2 is 1.89 bits per heavy atom. The molecule has 94 valence electrons. The van der Waals surface area contributed by atoms with Crippen molar-refractivity contribution in [2.75, 3.05) is 0 Å². The summed E-state index contributed by atoms with van der Waals surface area (Å²) in [5, 5.41) is 0. The summed E-state index contributed by atoms with van der Waals surface area (Å²) in [5.41, 5.74) is 7.25. The van der Waals surface area contributed by atoms with Gasteiger partial charge in [0, 0.05) is 23.8 Å². The summed E-state index contributed by atoms with van der Waals surface area (Å²) >= 11 is 0. The second-order valence-electron chi connectivity index (χ2n) is 4.41. The topological polar surface area (TPSA) is 63.8 Å². The molecule has 4 nitrogen and oxygen atoms in total. The lowest BCUT2D eigenvalue weighted by molar-refractivity contribution is 0.546. The Morgan fingerprint density at radius 3 is 2.50 bits per heavy atom. The zero-order chi connectivity index (χ0) is 13.0. The van der Waals surface area contributed by atoms with E-state index in [0.29, 0.717) is 0 Å². The highest BCUT2D eigenvalue weighted by atomic mass is 15.2. The Bertz CT molecular complexity index is 510. The van der Waals surface area contributed by atoms with Crippen LogP contribution in [0.2, 0.25) is 0 Å². The second kappa shape index (κ2) is 5.71. The molecule has 2 aromatic rings. The minimum Gasteiger partial charge on any atom is -0.271 e. The van der Waals surface area contributed by atoms with Crippen LogP contribution in [0.3, 0.4) is 0 Å². The van der Waals surface area contributed by atoms with Crippen molar-refractivity contribution >= 4 is 0 Å². The molecule has 4 heteroatoms. The van der Waals surface area contributed by atoms with Gasteiger partial charge in [-0.15, -0.1) is 0 Å². The first kappa shape index (κ1) is 12.7. The van der Waals surface area contributed by atoms with Crippen molar-refractivity contribution < 1.29 is 0 Å². The predicted molar refractivity (Wildman–Crippen MR) is 71.7 cm³/mol. The van der Waals surface area contributed by atoms with Gasteiger partial charge in [0.2, 0.25) is 0 Å². The van der Waals surface area contributed by atoms with Crippen molar-refractivity contribution in [3.05, 3.63) is 59.2 Å². The summed E-state index contributed by atoms with van der Waals surface area (Å²) in [7, 11) is 0. The second-order valence-corrected chi connectivity index (χ2v) is 4.41. The Balaban J connectivity index is 2.23. The fraction of sp³-hybridized carbons (Fsp3) is 0.286. The fourth-order valence-corrected chi connectivity index (χ4v) is 2.08. The Labute approximate surface area is 107 Å². The SMILES string of the molecule is Cc1ccc(C(Cc2ccncc2)NN)c(C)n1. The van der Waals surface area contributed by atoms with Crippen LogP contribution in [0.5, 0.6) is 0 Å². The van der Waals surface area contributed by atoms with Gasteiger partial charge in [-0.25, -0.2) is 0 Å². The highest BCUT2D eigenvalue weighted by Crippen LogP contribution is 2.20. The third kappa shape index (κ3) is 2.91. The molecular formula is C14H18N4. The molecule has 0 saturated carbocycles. The number of aromatic nitrogens is 2. The summed E-state index contributed by atoms with van der Waals surface area (Å²) in [6, 6.07) is 8.17. The smallest absolute Gasteiger partial charge is 0.0518 e. The highest BCUT2D eigenvalue weighted by molar-refractivity contribution is 5.27. The van der Waals surface area contributed by atoms with Crippen LogP contribution in [-0.4, -0.2) is 9.97 Å². The Kier molecular flexibility index (Phi) is 4.02. The summed E-state index contributed by atoms with van der Waals surface area (Å²) in [6.07, 6.45) is 4.41. The van der Waals surface area contributed by atoms with Crippen molar-refractivity contribution in [3.63, 3.8) is 0 Å². The van der Waals surface area contributed by atoms with Gasteiger partial charge in [0.25, 0.3) is 0 Å². The molecule has 0 aliphatic rings. The number of nitrogens with one attached hydrogen (secondary N) is 1. The first-order valence-corrected chi connectivity index (χ1v) is 6.00. The van der Waals surface area contributed by atoms with Crippen LogP contribution >= 0.6 is 0 Å². The normalized spacial score (nSPS) is 12.4. The zero-order valence-corrected chi connectivity index (χ0v) is 10.7. The maximum atomic E-state index is 5.67. The quantitative estimate of drug-likeness (QED) is 0.634. The molecule has 0 radical (unpaired) electrons. The molecule has 0 aliphatic carbocycles. The standard InChI is InChI=1S/C14H18N4/c1-10-3-4-13(11(2)17-10)14(18-15)9-12-5-7-16-8-6-12/h3-8,14,18H,9,15H2,1-2H3.